The molecule has 1 heterocycles. The van der Waals surface area contributed by atoms with E-state index in [0.717, 1.165) is 0 Å². The lowest BCUT2D eigenvalue weighted by Crippen LogP contribution is -1.99. The zero-order chi connectivity index (χ0) is 14.0. The van der Waals surface area contributed by atoms with Crippen molar-refractivity contribution in [3.63, 3.8) is 0 Å². The number of hydrogen-bond donors (Lipinski definition) is 0. The van der Waals surface area contributed by atoms with Gasteiger partial charge in [-0.05, 0) is 19.1 Å². The van der Waals surface area contributed by atoms with E-state index in [0.29, 0.717) is 26.2 Å². The van der Waals surface area contributed by atoms with E-state index in [1.807, 2.05) is 0 Å². The second-order valence-corrected chi connectivity index (χ2v) is 5.38. The van der Waals surface area contributed by atoms with E-state index in [-0.39, 0.29) is 12.2 Å². The van der Waals surface area contributed by atoms with Crippen molar-refractivity contribution < 1.29 is 13.9 Å². The maximum Gasteiger partial charge on any atom is 0.349 e. The fraction of sp³-hybridized carbons (Fsp3) is 0.231. The normalized spacial score (nSPS) is 10.5. The maximum atomic E-state index is 13.7. The van der Waals surface area contributed by atoms with Crippen LogP contribution in [0.1, 0.15) is 25.9 Å². The van der Waals surface area contributed by atoms with Crippen molar-refractivity contribution in [2.45, 2.75) is 13.3 Å². The van der Waals surface area contributed by atoms with E-state index in [1.54, 1.807) is 19.1 Å². The number of thiazole rings is 1. The van der Waals surface area contributed by atoms with Gasteiger partial charge in [-0.25, -0.2) is 14.2 Å². The quantitative estimate of drug-likeness (QED) is 0.813. The zero-order valence-corrected chi connectivity index (χ0v) is 11.9. The summed E-state index contributed by atoms with van der Waals surface area (Å²) < 4.78 is 18.3. The summed E-state index contributed by atoms with van der Waals surface area (Å²) in [7, 11) is 1.31. The van der Waals surface area contributed by atoms with E-state index in [9.17, 15) is 9.18 Å². The van der Waals surface area contributed by atoms with E-state index < -0.39 is 5.97 Å². The lowest BCUT2D eigenvalue weighted by molar-refractivity contribution is 0.0605. The number of halogens is 2. The van der Waals surface area contributed by atoms with Crippen molar-refractivity contribution in [1.82, 2.24) is 4.98 Å². The highest BCUT2D eigenvalue weighted by Gasteiger charge is 2.17. The smallest absolute Gasteiger partial charge is 0.349 e. The second kappa shape index (κ2) is 5.67. The van der Waals surface area contributed by atoms with Crippen molar-refractivity contribution in [3.05, 3.63) is 50.2 Å². The number of hydrogen-bond acceptors (Lipinski definition) is 4. The van der Waals surface area contributed by atoms with Crippen LogP contribution in [0.25, 0.3) is 0 Å². The molecule has 6 heteroatoms. The van der Waals surface area contributed by atoms with E-state index >= 15 is 0 Å². The molecule has 0 aliphatic rings. The van der Waals surface area contributed by atoms with Gasteiger partial charge in [-0.1, -0.05) is 17.7 Å². The van der Waals surface area contributed by atoms with Crippen LogP contribution < -0.4 is 0 Å². The molecule has 3 nitrogen and oxygen atoms in total. The molecule has 0 bridgehead atoms. The SMILES string of the molecule is COC(=O)c1sc(Cc2c(F)cccc2Cl)nc1C. The molecule has 0 spiro atoms. The molecule has 0 unspecified atom stereocenters. The molecule has 0 fully saturated rings. The lowest BCUT2D eigenvalue weighted by Gasteiger charge is -2.02. The molecule has 0 amide bonds. The van der Waals surface area contributed by atoms with Gasteiger partial charge in [0, 0.05) is 17.0 Å². The Labute approximate surface area is 119 Å². The zero-order valence-electron chi connectivity index (χ0n) is 10.4. The Morgan fingerprint density at radius 3 is 2.89 bits per heavy atom. The van der Waals surface area contributed by atoms with E-state index in [4.69, 9.17) is 11.6 Å². The number of methoxy groups -OCH3 is 1. The van der Waals surface area contributed by atoms with Gasteiger partial charge >= 0.3 is 5.97 Å². The van der Waals surface area contributed by atoms with Gasteiger partial charge in [0.25, 0.3) is 0 Å². The summed E-state index contributed by atoms with van der Waals surface area (Å²) in [6.45, 7) is 1.72. The molecule has 1 aromatic carbocycles. The second-order valence-electron chi connectivity index (χ2n) is 3.89. The summed E-state index contributed by atoms with van der Waals surface area (Å²) in [6, 6.07) is 4.53. The third kappa shape index (κ3) is 2.93. The van der Waals surface area contributed by atoms with Gasteiger partial charge in [0.2, 0.25) is 0 Å². The number of nitrogens with zero attached hydrogens (tertiary/aromatic N) is 1. The van der Waals surface area contributed by atoms with E-state index in [1.165, 1.54) is 24.5 Å². The molecule has 0 saturated heterocycles. The first-order valence-electron chi connectivity index (χ1n) is 5.50. The van der Waals surface area contributed by atoms with Crippen molar-refractivity contribution in [2.24, 2.45) is 0 Å². The molecule has 2 aromatic rings. The Morgan fingerprint density at radius 2 is 2.26 bits per heavy atom. The van der Waals surface area contributed by atoms with Gasteiger partial charge in [0.1, 0.15) is 10.7 Å². The lowest BCUT2D eigenvalue weighted by atomic mass is 10.1. The number of esters is 1. The van der Waals surface area contributed by atoms with Crippen molar-refractivity contribution in [2.75, 3.05) is 7.11 Å². The molecular weight excluding hydrogens is 289 g/mol. The Balaban J connectivity index is 2.32. The molecule has 19 heavy (non-hydrogen) atoms. The molecule has 0 saturated carbocycles. The highest BCUT2D eigenvalue weighted by atomic mass is 35.5. The predicted octanol–water partition coefficient (Wildman–Crippen LogP) is 3.62. The van der Waals surface area contributed by atoms with Gasteiger partial charge in [0.15, 0.2) is 0 Å². The number of aryl methyl sites for hydroxylation is 1. The largest absolute Gasteiger partial charge is 0.465 e. The van der Waals surface area contributed by atoms with Gasteiger partial charge in [0.05, 0.1) is 17.8 Å². The Kier molecular flexibility index (Phi) is 4.17. The minimum Gasteiger partial charge on any atom is -0.465 e. The summed E-state index contributed by atoms with van der Waals surface area (Å²) in [4.78, 5) is 16.2. The summed E-state index contributed by atoms with van der Waals surface area (Å²) >= 11 is 7.15. The van der Waals surface area contributed by atoms with Crippen molar-refractivity contribution >= 4 is 28.9 Å². The van der Waals surface area contributed by atoms with Crippen LogP contribution in [0, 0.1) is 12.7 Å². The highest BCUT2D eigenvalue weighted by Crippen LogP contribution is 2.26. The number of rotatable bonds is 3. The van der Waals surface area contributed by atoms with Crippen LogP contribution in [0.15, 0.2) is 18.2 Å². The summed E-state index contributed by atoms with van der Waals surface area (Å²) in [5.74, 6) is -0.805. The molecule has 0 aliphatic carbocycles. The van der Waals surface area contributed by atoms with Crippen LogP contribution >= 0.6 is 22.9 Å². The summed E-state index contributed by atoms with van der Waals surface area (Å²) in [5.41, 5.74) is 0.966. The van der Waals surface area contributed by atoms with Crippen molar-refractivity contribution in [3.8, 4) is 0 Å². The van der Waals surface area contributed by atoms with Crippen LogP contribution in [0.4, 0.5) is 4.39 Å². The first-order valence-corrected chi connectivity index (χ1v) is 6.70. The number of benzene rings is 1. The molecule has 2 rings (SSSR count). The highest BCUT2D eigenvalue weighted by molar-refractivity contribution is 7.13. The Hall–Kier alpha value is -1.46. The molecule has 100 valence electrons. The van der Waals surface area contributed by atoms with Crippen LogP contribution in [0.2, 0.25) is 5.02 Å². The van der Waals surface area contributed by atoms with Gasteiger partial charge in [-0.3, -0.25) is 0 Å². The average molecular weight is 300 g/mol. The summed E-state index contributed by atoms with van der Waals surface area (Å²) in [5, 5.41) is 0.984. The minimum atomic E-state index is -0.430. The number of ether oxygens (including phenoxy) is 1. The van der Waals surface area contributed by atoms with Crippen molar-refractivity contribution in [1.29, 1.82) is 0 Å². The predicted molar refractivity (Wildman–Crippen MR) is 72.4 cm³/mol. The Bertz CT molecular complexity index is 607. The molecular formula is C13H11ClFNO2S. The third-order valence-corrected chi connectivity index (χ3v) is 4.09. The first kappa shape index (κ1) is 14.0. The average Bonchev–Trinajstić information content (AvgIpc) is 2.74. The molecule has 0 atom stereocenters. The summed E-state index contributed by atoms with van der Waals surface area (Å²) in [6.07, 6.45) is 0.258. The van der Waals surface area contributed by atoms with Gasteiger partial charge in [-0.2, -0.15) is 0 Å². The maximum absolute atomic E-state index is 13.7. The van der Waals surface area contributed by atoms with Crippen LogP contribution in [-0.2, 0) is 11.2 Å². The fourth-order valence-electron chi connectivity index (χ4n) is 1.66. The monoisotopic (exact) mass is 299 g/mol. The fourth-order valence-corrected chi connectivity index (χ4v) is 2.89. The number of aromatic nitrogens is 1. The minimum absolute atomic E-state index is 0.258. The molecule has 0 N–H and O–H groups in total. The first-order chi connectivity index (χ1) is 9.02. The molecule has 0 radical (unpaired) electrons. The third-order valence-electron chi connectivity index (χ3n) is 2.60. The molecule has 1 aromatic heterocycles. The standard InChI is InChI=1S/C13H11ClFNO2S/c1-7-12(13(17)18-2)19-11(16-7)6-8-9(14)4-3-5-10(8)15/h3-5H,6H2,1-2H3. The van der Waals surface area contributed by atoms with Crippen LogP contribution in [0.3, 0.4) is 0 Å². The van der Waals surface area contributed by atoms with Gasteiger partial charge < -0.3 is 4.74 Å². The molecule has 0 aliphatic heterocycles. The number of carbonyl (C=O) groups excluding carboxylic acids is 1. The van der Waals surface area contributed by atoms with Crippen LogP contribution in [-0.4, -0.2) is 18.1 Å². The number of carbonyl (C=O) groups is 1. The topological polar surface area (TPSA) is 39.2 Å². The van der Waals surface area contributed by atoms with Crippen LogP contribution in [0.5, 0.6) is 0 Å². The van der Waals surface area contributed by atoms with E-state index in [2.05, 4.69) is 9.72 Å². The Morgan fingerprint density at radius 1 is 1.53 bits per heavy atom. The van der Waals surface area contributed by atoms with Gasteiger partial charge in [-0.15, -0.1) is 11.3 Å².